The predicted molar refractivity (Wildman–Crippen MR) is 90.9 cm³/mol. The monoisotopic (exact) mass is 332 g/mol. The van der Waals surface area contributed by atoms with Crippen molar-refractivity contribution in [2.24, 2.45) is 0 Å². The van der Waals surface area contributed by atoms with E-state index in [1.807, 2.05) is 30.5 Å². The Morgan fingerprint density at radius 2 is 2.04 bits per heavy atom. The summed E-state index contributed by atoms with van der Waals surface area (Å²) in [7, 11) is 0. The second-order valence-electron chi connectivity index (χ2n) is 5.72. The zero-order valence-electron chi connectivity index (χ0n) is 12.9. The summed E-state index contributed by atoms with van der Waals surface area (Å²) in [6.07, 6.45) is 1.94. The van der Waals surface area contributed by atoms with E-state index in [0.717, 1.165) is 37.7 Å². The summed E-state index contributed by atoms with van der Waals surface area (Å²) in [5, 5.41) is 3.54. The number of hydrogen-bond acceptors (Lipinski definition) is 2. The smallest absolute Gasteiger partial charge is 0.279 e. The van der Waals surface area contributed by atoms with Crippen molar-refractivity contribution >= 4 is 29.0 Å². The first kappa shape index (κ1) is 15.8. The highest BCUT2D eigenvalue weighted by molar-refractivity contribution is 6.30. The maximum absolute atomic E-state index is 12.1. The van der Waals surface area contributed by atoms with Gasteiger partial charge in [-0.05, 0) is 24.3 Å². The van der Waals surface area contributed by atoms with Gasteiger partial charge in [0.2, 0.25) is 0 Å². The Morgan fingerprint density at radius 3 is 2.74 bits per heavy atom. The molecular weight excluding hydrogens is 312 g/mol. The summed E-state index contributed by atoms with van der Waals surface area (Å²) in [6, 6.07) is 13.3. The van der Waals surface area contributed by atoms with Gasteiger partial charge in [0.25, 0.3) is 11.7 Å². The lowest BCUT2D eigenvalue weighted by Gasteiger charge is -2.27. The fraction of sp³-hybridized carbons (Fsp3) is 0.294. The fourth-order valence-electron chi connectivity index (χ4n) is 2.82. The molecule has 0 radical (unpaired) electrons. The molecule has 1 aliphatic heterocycles. The normalized spacial score (nSPS) is 15.4. The molecule has 23 heavy (non-hydrogen) atoms. The number of aromatic amines is 1. The van der Waals surface area contributed by atoms with Crippen LogP contribution in [0.4, 0.5) is 11.5 Å². The van der Waals surface area contributed by atoms with E-state index in [1.54, 1.807) is 12.1 Å². The zero-order chi connectivity index (χ0) is 16.1. The van der Waals surface area contributed by atoms with Crippen molar-refractivity contribution in [3.8, 4) is 0 Å². The number of carbonyl (C=O) groups excluding carboxylic acids is 1. The second kappa shape index (κ2) is 7.44. The van der Waals surface area contributed by atoms with Gasteiger partial charge in [0.05, 0.1) is 6.20 Å². The third-order valence-corrected chi connectivity index (χ3v) is 4.26. The Morgan fingerprint density at radius 1 is 1.22 bits per heavy atom. The van der Waals surface area contributed by atoms with Crippen LogP contribution in [0.2, 0.25) is 5.02 Å². The zero-order valence-corrected chi connectivity index (χ0v) is 13.6. The highest BCUT2D eigenvalue weighted by Gasteiger charge is 2.27. The van der Waals surface area contributed by atoms with Gasteiger partial charge in [0.1, 0.15) is 26.2 Å². The Balaban J connectivity index is 1.48. The van der Waals surface area contributed by atoms with Crippen molar-refractivity contribution in [1.82, 2.24) is 0 Å². The minimum Gasteiger partial charge on any atom is -0.321 e. The lowest BCUT2D eigenvalue weighted by molar-refractivity contribution is -0.892. The van der Waals surface area contributed by atoms with Crippen LogP contribution in [0.5, 0.6) is 0 Å². The van der Waals surface area contributed by atoms with E-state index >= 15 is 0 Å². The van der Waals surface area contributed by atoms with Crippen molar-refractivity contribution in [2.75, 3.05) is 42.9 Å². The maximum Gasteiger partial charge on any atom is 0.279 e. The largest absolute Gasteiger partial charge is 0.321 e. The number of pyridine rings is 1. The number of H-pyrrole nitrogens is 1. The number of nitrogens with one attached hydrogen (secondary N) is 3. The Kier molecular flexibility index (Phi) is 5.10. The number of anilines is 2. The van der Waals surface area contributed by atoms with Crippen LogP contribution in [-0.4, -0.2) is 38.6 Å². The molecule has 1 aromatic carbocycles. The van der Waals surface area contributed by atoms with Crippen LogP contribution >= 0.6 is 11.6 Å². The molecule has 1 saturated heterocycles. The van der Waals surface area contributed by atoms with Crippen LogP contribution in [0, 0.1) is 0 Å². The standard InChI is InChI=1S/C17H19ClN4O/c18-14-4-3-5-15(12-14)20-17(23)13-21-8-10-22(11-9-21)16-6-1-2-7-19-16/h1-7,12H,8-11,13H2,(H,20,23)/p+2. The molecule has 2 heterocycles. The van der Waals surface area contributed by atoms with Crippen LogP contribution < -0.4 is 20.1 Å². The van der Waals surface area contributed by atoms with E-state index < -0.39 is 0 Å². The molecule has 1 amide bonds. The molecular formula is C17H21ClN4O+2. The average molecular weight is 333 g/mol. The molecule has 0 unspecified atom stereocenters. The number of quaternary nitrogens is 1. The summed E-state index contributed by atoms with van der Waals surface area (Å²) < 4.78 is 0. The van der Waals surface area contributed by atoms with Gasteiger partial charge in [-0.2, -0.15) is 0 Å². The number of aromatic nitrogens is 1. The number of halogens is 1. The van der Waals surface area contributed by atoms with Crippen molar-refractivity contribution in [3.05, 3.63) is 53.7 Å². The van der Waals surface area contributed by atoms with Crippen molar-refractivity contribution in [1.29, 1.82) is 0 Å². The number of benzene rings is 1. The number of hydrogen-bond donors (Lipinski definition) is 2. The fourth-order valence-corrected chi connectivity index (χ4v) is 3.01. The van der Waals surface area contributed by atoms with Crippen LogP contribution in [0.15, 0.2) is 48.7 Å². The lowest BCUT2D eigenvalue weighted by Crippen LogP contribution is -3.15. The van der Waals surface area contributed by atoms with Gasteiger partial charge < -0.3 is 10.2 Å². The summed E-state index contributed by atoms with van der Waals surface area (Å²) in [4.78, 5) is 19.0. The van der Waals surface area contributed by atoms with Crippen LogP contribution in [0.1, 0.15) is 0 Å². The van der Waals surface area contributed by atoms with Crippen LogP contribution in [-0.2, 0) is 4.79 Å². The van der Waals surface area contributed by atoms with Gasteiger partial charge in [-0.15, -0.1) is 0 Å². The minimum atomic E-state index is 0.0296. The van der Waals surface area contributed by atoms with Gasteiger partial charge >= 0.3 is 0 Å². The highest BCUT2D eigenvalue weighted by Crippen LogP contribution is 2.14. The molecule has 0 atom stereocenters. The van der Waals surface area contributed by atoms with Crippen molar-refractivity contribution < 1.29 is 14.7 Å². The van der Waals surface area contributed by atoms with E-state index in [4.69, 9.17) is 11.6 Å². The molecule has 0 spiro atoms. The third kappa shape index (κ3) is 4.43. The molecule has 3 rings (SSSR count). The average Bonchev–Trinajstić information content (AvgIpc) is 2.56. The molecule has 6 heteroatoms. The molecule has 120 valence electrons. The Hall–Kier alpha value is -2.11. The predicted octanol–water partition coefficient (Wildman–Crippen LogP) is 0.498. The van der Waals surface area contributed by atoms with E-state index in [9.17, 15) is 4.79 Å². The SMILES string of the molecule is O=C(C[NH+]1CCN(c2cccc[nH+]2)CC1)Nc1cccc(Cl)c1. The highest BCUT2D eigenvalue weighted by atomic mass is 35.5. The molecule has 0 bridgehead atoms. The number of carbonyl (C=O) groups is 1. The second-order valence-corrected chi connectivity index (χ2v) is 6.16. The van der Waals surface area contributed by atoms with E-state index in [2.05, 4.69) is 21.3 Å². The molecule has 1 aliphatic rings. The van der Waals surface area contributed by atoms with Crippen molar-refractivity contribution in [2.45, 2.75) is 0 Å². The van der Waals surface area contributed by atoms with Gasteiger partial charge in [-0.3, -0.25) is 9.69 Å². The van der Waals surface area contributed by atoms with E-state index in [0.29, 0.717) is 11.6 Å². The topological polar surface area (TPSA) is 50.9 Å². The van der Waals surface area contributed by atoms with E-state index in [1.165, 1.54) is 4.90 Å². The molecule has 0 saturated carbocycles. The molecule has 5 nitrogen and oxygen atoms in total. The van der Waals surface area contributed by atoms with Crippen molar-refractivity contribution in [3.63, 3.8) is 0 Å². The van der Waals surface area contributed by atoms with E-state index in [-0.39, 0.29) is 5.91 Å². The molecule has 0 aliphatic carbocycles. The van der Waals surface area contributed by atoms with Crippen LogP contribution in [0.3, 0.4) is 0 Å². The van der Waals surface area contributed by atoms with Gasteiger partial charge in [-0.1, -0.05) is 23.7 Å². The first-order valence-corrected chi connectivity index (χ1v) is 8.19. The quantitative estimate of drug-likeness (QED) is 0.856. The number of nitrogens with zero attached hydrogens (tertiary/aromatic N) is 1. The molecule has 2 aromatic rings. The third-order valence-electron chi connectivity index (χ3n) is 4.02. The van der Waals surface area contributed by atoms with Gasteiger partial charge in [0, 0.05) is 16.8 Å². The molecule has 1 fully saturated rings. The maximum atomic E-state index is 12.1. The lowest BCUT2D eigenvalue weighted by atomic mass is 10.3. The summed E-state index contributed by atoms with van der Waals surface area (Å²) in [5.41, 5.74) is 0.749. The minimum absolute atomic E-state index is 0.0296. The summed E-state index contributed by atoms with van der Waals surface area (Å²) in [5.74, 6) is 1.16. The molecule has 1 aromatic heterocycles. The number of piperazine rings is 1. The Labute approximate surface area is 140 Å². The summed E-state index contributed by atoms with van der Waals surface area (Å²) in [6.45, 7) is 4.27. The van der Waals surface area contributed by atoms with Crippen LogP contribution in [0.25, 0.3) is 0 Å². The Bertz CT molecular complexity index is 657. The van der Waals surface area contributed by atoms with Gasteiger partial charge in [0.15, 0.2) is 6.54 Å². The number of rotatable bonds is 4. The van der Waals surface area contributed by atoms with Gasteiger partial charge in [-0.25, -0.2) is 4.98 Å². The first-order chi connectivity index (χ1) is 11.2. The number of amides is 1. The molecule has 3 N–H and O–H groups in total. The summed E-state index contributed by atoms with van der Waals surface area (Å²) >= 11 is 5.93. The first-order valence-electron chi connectivity index (χ1n) is 7.81.